The molecule has 0 atom stereocenters. The fourth-order valence-electron chi connectivity index (χ4n) is 1.80. The van der Waals surface area contributed by atoms with Gasteiger partial charge in [0.15, 0.2) is 0 Å². The zero-order valence-electron chi connectivity index (χ0n) is 11.2. The summed E-state index contributed by atoms with van der Waals surface area (Å²) in [5.74, 6) is 0.602. The van der Waals surface area contributed by atoms with Crippen molar-refractivity contribution in [3.8, 4) is 5.75 Å². The largest absolute Gasteiger partial charge is 0.493 e. The number of benzene rings is 1. The molecule has 18 heavy (non-hydrogen) atoms. The second-order valence-electron chi connectivity index (χ2n) is 4.54. The molecule has 1 rings (SSSR count). The number of carbonyl (C=O) groups excluding carboxylic acids is 1. The Balaban J connectivity index is 2.45. The smallest absolute Gasteiger partial charge is 0.256 e. The van der Waals surface area contributed by atoms with Crippen LogP contribution in [0.2, 0.25) is 0 Å². The number of unbranched alkanes of at least 4 members (excludes halogenated alkanes) is 4. The molecular weight excluding hydrogens is 248 g/mol. The van der Waals surface area contributed by atoms with Gasteiger partial charge in [-0.1, -0.05) is 38.7 Å². The van der Waals surface area contributed by atoms with E-state index in [4.69, 9.17) is 16.3 Å². The Morgan fingerprint density at radius 3 is 2.61 bits per heavy atom. The third-order valence-electron chi connectivity index (χ3n) is 2.85. The molecule has 0 aromatic heterocycles. The number of hydrogen-bond acceptors (Lipinski definition) is 2. The fraction of sp³-hybridized carbons (Fsp3) is 0.533. The Morgan fingerprint density at radius 1 is 1.22 bits per heavy atom. The van der Waals surface area contributed by atoms with Crippen LogP contribution >= 0.6 is 11.6 Å². The average molecular weight is 269 g/mol. The first-order valence-electron chi connectivity index (χ1n) is 6.58. The average Bonchev–Trinajstić information content (AvgIpc) is 2.33. The lowest BCUT2D eigenvalue weighted by molar-refractivity contribution is 0.107. The quantitative estimate of drug-likeness (QED) is 0.504. The topological polar surface area (TPSA) is 26.3 Å². The summed E-state index contributed by atoms with van der Waals surface area (Å²) in [6.07, 6.45) is 5.95. The highest BCUT2D eigenvalue weighted by Gasteiger charge is 2.10. The minimum atomic E-state index is -0.462. The summed E-state index contributed by atoms with van der Waals surface area (Å²) in [4.78, 5) is 11.2. The second kappa shape index (κ2) is 8.15. The maximum Gasteiger partial charge on any atom is 0.256 e. The molecule has 0 bridgehead atoms. The Bertz CT molecular complexity index is 388. The van der Waals surface area contributed by atoms with Gasteiger partial charge in [0.2, 0.25) is 0 Å². The molecular formula is C15H21ClO2. The molecule has 0 aliphatic rings. The normalized spacial score (nSPS) is 10.4. The first kappa shape index (κ1) is 15.0. The van der Waals surface area contributed by atoms with E-state index in [-0.39, 0.29) is 0 Å². The van der Waals surface area contributed by atoms with E-state index in [1.54, 1.807) is 6.07 Å². The van der Waals surface area contributed by atoms with Gasteiger partial charge in [0.05, 0.1) is 12.2 Å². The van der Waals surface area contributed by atoms with Crippen LogP contribution < -0.4 is 4.74 Å². The summed E-state index contributed by atoms with van der Waals surface area (Å²) in [7, 11) is 0. The van der Waals surface area contributed by atoms with Crippen LogP contribution in [0.25, 0.3) is 0 Å². The molecule has 3 heteroatoms. The number of halogens is 1. The van der Waals surface area contributed by atoms with E-state index in [1.807, 2.05) is 19.1 Å². The van der Waals surface area contributed by atoms with Gasteiger partial charge < -0.3 is 4.74 Å². The van der Waals surface area contributed by atoms with Crippen molar-refractivity contribution in [3.63, 3.8) is 0 Å². The molecule has 0 aliphatic heterocycles. The van der Waals surface area contributed by atoms with Crippen molar-refractivity contribution in [2.45, 2.75) is 46.0 Å². The Morgan fingerprint density at radius 2 is 1.94 bits per heavy atom. The third-order valence-corrected chi connectivity index (χ3v) is 3.06. The van der Waals surface area contributed by atoms with E-state index >= 15 is 0 Å². The minimum Gasteiger partial charge on any atom is -0.493 e. The zero-order valence-corrected chi connectivity index (χ0v) is 11.9. The van der Waals surface area contributed by atoms with E-state index < -0.39 is 5.24 Å². The van der Waals surface area contributed by atoms with Gasteiger partial charge in [-0.3, -0.25) is 4.79 Å². The summed E-state index contributed by atoms with van der Waals surface area (Å²) in [6.45, 7) is 4.81. The highest BCUT2D eigenvalue weighted by molar-refractivity contribution is 6.68. The number of hydrogen-bond donors (Lipinski definition) is 0. The van der Waals surface area contributed by atoms with Gasteiger partial charge in [0, 0.05) is 0 Å². The number of carbonyl (C=O) groups is 1. The predicted octanol–water partition coefficient (Wildman–Crippen LogP) is 4.72. The highest BCUT2D eigenvalue weighted by atomic mass is 35.5. The first-order chi connectivity index (χ1) is 8.65. The molecule has 0 heterocycles. The van der Waals surface area contributed by atoms with Crippen LogP contribution in [0.15, 0.2) is 18.2 Å². The summed E-state index contributed by atoms with van der Waals surface area (Å²) in [6, 6.07) is 5.45. The Labute approximate surface area is 114 Å². The molecule has 2 nitrogen and oxygen atoms in total. The van der Waals surface area contributed by atoms with Crippen LogP contribution in [-0.4, -0.2) is 11.8 Å². The minimum absolute atomic E-state index is 0.454. The Hall–Kier alpha value is -1.02. The molecule has 100 valence electrons. The maximum absolute atomic E-state index is 11.2. The van der Waals surface area contributed by atoms with Crippen molar-refractivity contribution >= 4 is 16.8 Å². The lowest BCUT2D eigenvalue weighted by Crippen LogP contribution is -2.02. The Kier molecular flexibility index (Phi) is 6.81. The van der Waals surface area contributed by atoms with E-state index in [9.17, 15) is 4.79 Å². The summed E-state index contributed by atoms with van der Waals surface area (Å²) in [5.41, 5.74) is 1.52. The summed E-state index contributed by atoms with van der Waals surface area (Å²) < 4.78 is 5.65. The van der Waals surface area contributed by atoms with Gasteiger partial charge in [-0.2, -0.15) is 0 Å². The zero-order chi connectivity index (χ0) is 13.4. The molecule has 0 radical (unpaired) electrons. The molecule has 1 aromatic rings. The summed E-state index contributed by atoms with van der Waals surface area (Å²) >= 11 is 5.52. The predicted molar refractivity (Wildman–Crippen MR) is 75.6 cm³/mol. The van der Waals surface area contributed by atoms with Crippen LogP contribution in [0.1, 0.15) is 54.9 Å². The van der Waals surface area contributed by atoms with Gasteiger partial charge in [-0.25, -0.2) is 0 Å². The third kappa shape index (κ3) is 5.09. The molecule has 0 aliphatic carbocycles. The van der Waals surface area contributed by atoms with Crippen LogP contribution in [0.5, 0.6) is 5.75 Å². The van der Waals surface area contributed by atoms with Crippen molar-refractivity contribution < 1.29 is 9.53 Å². The lowest BCUT2D eigenvalue weighted by Gasteiger charge is -2.10. The fourth-order valence-corrected chi connectivity index (χ4v) is 1.96. The molecule has 0 saturated carbocycles. The van der Waals surface area contributed by atoms with Crippen LogP contribution in [-0.2, 0) is 0 Å². The maximum atomic E-state index is 11.2. The van der Waals surface area contributed by atoms with Crippen LogP contribution in [0.4, 0.5) is 0 Å². The molecule has 0 N–H and O–H groups in total. The van der Waals surface area contributed by atoms with Crippen molar-refractivity contribution in [3.05, 3.63) is 29.3 Å². The molecule has 1 aromatic carbocycles. The molecule has 0 amide bonds. The molecule has 0 saturated heterocycles. The van der Waals surface area contributed by atoms with Gasteiger partial charge >= 0.3 is 0 Å². The number of ether oxygens (including phenoxy) is 1. The van der Waals surface area contributed by atoms with Gasteiger partial charge in [0.25, 0.3) is 5.24 Å². The molecule has 0 spiro atoms. The lowest BCUT2D eigenvalue weighted by atomic mass is 10.1. The van der Waals surface area contributed by atoms with E-state index in [2.05, 4.69) is 6.92 Å². The second-order valence-corrected chi connectivity index (χ2v) is 4.88. The van der Waals surface area contributed by atoms with E-state index in [0.717, 1.165) is 12.0 Å². The van der Waals surface area contributed by atoms with Gasteiger partial charge in [-0.15, -0.1) is 0 Å². The van der Waals surface area contributed by atoms with Crippen molar-refractivity contribution in [2.24, 2.45) is 0 Å². The van der Waals surface area contributed by atoms with Crippen LogP contribution in [0.3, 0.4) is 0 Å². The van der Waals surface area contributed by atoms with Gasteiger partial charge in [0.1, 0.15) is 5.75 Å². The highest BCUT2D eigenvalue weighted by Crippen LogP contribution is 2.22. The first-order valence-corrected chi connectivity index (χ1v) is 6.96. The standard InChI is InChI=1S/C15H21ClO2/c1-3-4-5-6-7-10-18-14-11-12(2)8-9-13(14)15(16)17/h8-9,11H,3-7,10H2,1-2H3. The van der Waals surface area contributed by atoms with Gasteiger partial charge in [-0.05, 0) is 42.6 Å². The van der Waals surface area contributed by atoms with Crippen molar-refractivity contribution in [2.75, 3.05) is 6.61 Å². The summed E-state index contributed by atoms with van der Waals surface area (Å²) in [5, 5.41) is -0.462. The monoisotopic (exact) mass is 268 g/mol. The van der Waals surface area contributed by atoms with Crippen molar-refractivity contribution in [1.82, 2.24) is 0 Å². The van der Waals surface area contributed by atoms with Crippen LogP contribution in [0, 0.1) is 6.92 Å². The van der Waals surface area contributed by atoms with E-state index in [0.29, 0.717) is 17.9 Å². The number of aryl methyl sites for hydroxylation is 1. The number of rotatable bonds is 8. The molecule has 0 unspecified atom stereocenters. The van der Waals surface area contributed by atoms with Crippen molar-refractivity contribution in [1.29, 1.82) is 0 Å². The molecule has 0 fully saturated rings. The van der Waals surface area contributed by atoms with E-state index in [1.165, 1.54) is 25.7 Å². The SMILES string of the molecule is CCCCCCCOc1cc(C)ccc1C(=O)Cl.